The summed E-state index contributed by atoms with van der Waals surface area (Å²) in [5.74, 6) is 0. The zero-order valence-electron chi connectivity index (χ0n) is 10.8. The largest absolute Gasteiger partial charge is 1.00 e. The van der Waals surface area contributed by atoms with Crippen LogP contribution < -0.4 is 9.41 Å². The Bertz CT molecular complexity index is 228. The van der Waals surface area contributed by atoms with Crippen LogP contribution in [0.3, 0.4) is 0 Å². The highest BCUT2D eigenvalue weighted by Crippen LogP contribution is 2.27. The van der Waals surface area contributed by atoms with Crippen molar-refractivity contribution in [3.05, 3.63) is 0 Å². The first-order chi connectivity index (χ1) is 8.65. The number of halogens is 10. The maximum Gasteiger partial charge on any atom is 0.762 e. The van der Waals surface area contributed by atoms with E-state index in [1.807, 2.05) is 0 Å². The molecule has 3 fully saturated rings. The van der Waals surface area contributed by atoms with Gasteiger partial charge in [0.2, 0.25) is 0 Å². The maximum absolute atomic E-state index is 13.5. The first kappa shape index (κ1) is 25.7. The van der Waals surface area contributed by atoms with Crippen LogP contribution in [0.4, 0.5) is 30.4 Å². The Kier molecular flexibility index (Phi) is 13.8. The minimum atomic E-state index is -3.67. The number of quaternary nitrogens is 2. The number of rotatable bonds is 1. The summed E-state index contributed by atoms with van der Waals surface area (Å²) in [5.41, 5.74) is 0. The normalized spacial score (nSPS) is 28.6. The topological polar surface area (TPSA) is 0 Å². The van der Waals surface area contributed by atoms with Gasteiger partial charge in [-0.2, -0.15) is 0 Å². The molecule has 0 radical (unpaired) electrons. The van der Waals surface area contributed by atoms with E-state index in [1.165, 1.54) is 0 Å². The van der Waals surface area contributed by atoms with Crippen LogP contribution in [-0.2, 0) is 0 Å². The van der Waals surface area contributed by atoms with Crippen LogP contribution in [-0.4, -0.2) is 69.5 Å². The summed E-state index contributed by atoms with van der Waals surface area (Å²) in [6, 6.07) is 0.667. The van der Waals surface area contributed by atoms with Gasteiger partial charge in [-0.3, -0.25) is 30.4 Å². The predicted molar refractivity (Wildman–Crippen MR) is 59.7 cm³/mol. The molecular weight excluding hydrogens is 340 g/mol. The lowest BCUT2D eigenvalue weighted by atomic mass is 10.2. The van der Waals surface area contributed by atoms with E-state index < -0.39 is 15.1 Å². The Morgan fingerprint density at radius 3 is 1.14 bits per heavy atom. The van der Waals surface area contributed by atoms with E-state index in [2.05, 4.69) is 0 Å². The van der Waals surface area contributed by atoms with Gasteiger partial charge in [-0.25, -0.2) is 0 Å². The Hall–Kier alpha value is -0.290. The maximum atomic E-state index is 13.5. The zero-order chi connectivity index (χ0) is 15.1. The average molecular weight is 354 g/mol. The zero-order valence-corrected chi connectivity index (χ0v) is 11.5. The molecule has 2 bridgehead atoms. The van der Waals surface area contributed by atoms with Crippen molar-refractivity contribution >= 4 is 26.7 Å². The minimum absolute atomic E-state index is 0. The standard InChI is InChI=1S/C7H14ClFN2.2BF3.2FH/c8-7-10-1-4-11(9,5-2-10)6-3-10;2*2-1(3)4;;/h1-7H2;;;2*1H/q+2;;;;/p-2. The van der Waals surface area contributed by atoms with E-state index in [-0.39, 0.29) is 14.1 Å². The number of nitrogens with zero attached hydrogens (tertiary/aromatic N) is 2. The fraction of sp³-hybridized carbons (Fsp3) is 1.00. The van der Waals surface area contributed by atoms with Crippen molar-refractivity contribution in [2.24, 2.45) is 0 Å². The second-order valence-corrected chi connectivity index (χ2v) is 4.57. The number of alkyl halides is 1. The molecule has 3 heterocycles. The fourth-order valence-corrected chi connectivity index (χ4v) is 2.38. The fourth-order valence-electron chi connectivity index (χ4n) is 2.02. The van der Waals surface area contributed by atoms with Crippen molar-refractivity contribution in [2.75, 3.05) is 45.3 Å². The van der Waals surface area contributed by atoms with Crippen LogP contribution in [0.5, 0.6) is 0 Å². The Labute approximate surface area is 122 Å². The summed E-state index contributed by atoms with van der Waals surface area (Å²) in [4.78, 5) is 0. The molecule has 0 spiro atoms. The van der Waals surface area contributed by atoms with Gasteiger partial charge in [0.15, 0.2) is 25.6 Å². The van der Waals surface area contributed by atoms with Crippen molar-refractivity contribution in [2.45, 2.75) is 0 Å². The summed E-state index contributed by atoms with van der Waals surface area (Å²) in [6.45, 7) is 4.81. The molecule has 0 N–H and O–H groups in total. The van der Waals surface area contributed by atoms with E-state index in [9.17, 15) is 30.4 Å². The molecule has 2 nitrogen and oxygen atoms in total. The number of hydrogen-bond donors (Lipinski definition) is 0. The van der Waals surface area contributed by atoms with Crippen LogP contribution in [0.15, 0.2) is 0 Å². The SMILES string of the molecule is FB(F)F.FB(F)F.F[N+]12CC[N+](CCl)(CC1)CC2.[F-].[F-]. The lowest BCUT2D eigenvalue weighted by Crippen LogP contribution is -3.00. The van der Waals surface area contributed by atoms with Gasteiger partial charge in [0.1, 0.15) is 19.6 Å². The summed E-state index contributed by atoms with van der Waals surface area (Å²) in [7, 11) is -7.33. The van der Waals surface area contributed by atoms with Gasteiger partial charge >= 0.3 is 15.1 Å². The predicted octanol–water partition coefficient (Wildman–Crippen LogP) is -3.50. The first-order valence-electron chi connectivity index (χ1n) is 5.46. The second-order valence-electron chi connectivity index (χ2n) is 4.33. The van der Waals surface area contributed by atoms with Gasteiger partial charge in [-0.15, -0.1) is 4.71 Å². The van der Waals surface area contributed by atoms with E-state index in [4.69, 9.17) is 11.6 Å². The number of piperazine rings is 3. The van der Waals surface area contributed by atoms with Crippen LogP contribution in [0, 0.1) is 0 Å². The highest BCUT2D eigenvalue weighted by molar-refractivity contribution is 6.33. The van der Waals surface area contributed by atoms with Gasteiger partial charge in [0.05, 0.1) is 0 Å². The van der Waals surface area contributed by atoms with Crippen molar-refractivity contribution < 1.29 is 49.0 Å². The highest BCUT2D eigenvalue weighted by Gasteiger charge is 2.50. The molecule has 3 aliphatic rings. The molecule has 0 unspecified atom stereocenters. The third-order valence-electron chi connectivity index (χ3n) is 3.18. The molecule has 128 valence electrons. The molecule has 0 atom stereocenters. The molecule has 0 aromatic carbocycles. The third kappa shape index (κ3) is 11.0. The minimum Gasteiger partial charge on any atom is -1.00 e. The molecule has 0 aromatic rings. The average Bonchev–Trinajstić information content (AvgIpc) is 2.29. The third-order valence-corrected chi connectivity index (χ3v) is 3.69. The van der Waals surface area contributed by atoms with Gasteiger partial charge < -0.3 is 9.41 Å². The van der Waals surface area contributed by atoms with Crippen molar-refractivity contribution in [1.82, 2.24) is 0 Å². The molecular formula is C7H14B2ClF9N2. The van der Waals surface area contributed by atoms with Crippen LogP contribution >= 0.6 is 11.6 Å². The summed E-state index contributed by atoms with van der Waals surface area (Å²) in [5, 5.41) is 0. The molecule has 21 heavy (non-hydrogen) atoms. The number of fused-ring (bicyclic) bond motifs is 3. The monoisotopic (exact) mass is 354 g/mol. The van der Waals surface area contributed by atoms with E-state index >= 15 is 0 Å². The molecule has 0 amide bonds. The van der Waals surface area contributed by atoms with Crippen molar-refractivity contribution in [3.63, 3.8) is 0 Å². The Morgan fingerprint density at radius 1 is 0.714 bits per heavy atom. The van der Waals surface area contributed by atoms with Crippen molar-refractivity contribution in [3.8, 4) is 0 Å². The highest BCUT2D eigenvalue weighted by atomic mass is 35.5. The molecule has 14 heteroatoms. The summed E-state index contributed by atoms with van der Waals surface area (Å²) < 4.78 is 72.3. The molecule has 0 aliphatic carbocycles. The Morgan fingerprint density at radius 2 is 0.952 bits per heavy atom. The smallest absolute Gasteiger partial charge is 0.762 e. The van der Waals surface area contributed by atoms with E-state index in [0.29, 0.717) is 25.6 Å². The molecule has 0 saturated carbocycles. The first-order valence-corrected chi connectivity index (χ1v) is 5.99. The van der Waals surface area contributed by atoms with Gasteiger partial charge in [-0.1, -0.05) is 11.6 Å². The molecule has 0 aromatic heterocycles. The Balaban J connectivity index is -0.000000280. The van der Waals surface area contributed by atoms with Crippen LogP contribution in [0.1, 0.15) is 0 Å². The van der Waals surface area contributed by atoms with Gasteiger partial charge in [-0.05, 0) is 4.48 Å². The van der Waals surface area contributed by atoms with Crippen LogP contribution in [0.2, 0.25) is 0 Å². The number of hydrogen-bond acceptors (Lipinski definition) is 0. The molecule has 3 rings (SSSR count). The van der Waals surface area contributed by atoms with Gasteiger partial charge in [0.25, 0.3) is 0 Å². The molecule has 3 aliphatic heterocycles. The van der Waals surface area contributed by atoms with Gasteiger partial charge in [0, 0.05) is 0 Å². The second kappa shape index (κ2) is 11.3. The van der Waals surface area contributed by atoms with E-state index in [1.54, 1.807) is 0 Å². The van der Waals surface area contributed by atoms with E-state index in [0.717, 1.165) is 24.1 Å². The lowest BCUT2D eigenvalue weighted by molar-refractivity contribution is -1.15. The quantitative estimate of drug-likeness (QED) is 0.115. The summed E-state index contributed by atoms with van der Waals surface area (Å²) >= 11 is 5.85. The summed E-state index contributed by atoms with van der Waals surface area (Å²) in [6.07, 6.45) is 0. The lowest BCUT2D eigenvalue weighted by Gasteiger charge is -2.48. The van der Waals surface area contributed by atoms with Crippen LogP contribution in [0.25, 0.3) is 0 Å². The molecule has 3 saturated heterocycles. The van der Waals surface area contributed by atoms with Crippen molar-refractivity contribution in [1.29, 1.82) is 0 Å².